The minimum Gasteiger partial charge on any atom is -0.376 e. The molecule has 0 bridgehead atoms. The molecule has 0 rings (SSSR count). The summed E-state index contributed by atoms with van der Waals surface area (Å²) in [5.41, 5.74) is 14.2. The molecule has 0 radical (unpaired) electrons. The molecule has 0 fully saturated rings. The van der Waals surface area contributed by atoms with Crippen molar-refractivity contribution >= 4 is 59.3 Å². The lowest BCUT2D eigenvalue weighted by Crippen LogP contribution is -2.49. The van der Waals surface area contributed by atoms with E-state index in [-0.39, 0.29) is 6.04 Å². The molecule has 0 heterocycles. The molecule has 0 aliphatic heterocycles. The summed E-state index contributed by atoms with van der Waals surface area (Å²) in [6.45, 7) is 49.9. The SMILES string of the molecule is C#CC[Si](C)(F)C=C.C#C[Si](C)(F)C=C.C=CC[Si](C)(F)CC=C.C=C[Si](C)(F)C=C.C=C[Si](C=C)(OC(C)C(F)(F)F)OC(C)C(F)(F)F.C=C[Si](F)(C=C)C=C.C=C[Si](F)(F)C=C. The fourth-order valence-electron chi connectivity index (χ4n) is 2.42. The first-order chi connectivity index (χ1) is 29.2. The van der Waals surface area contributed by atoms with Crippen molar-refractivity contribution in [1.82, 2.24) is 0 Å². The molecule has 2 nitrogen and oxygen atoms in total. The molecule has 4 unspecified atom stereocenters. The van der Waals surface area contributed by atoms with Crippen molar-refractivity contribution in [2.45, 2.75) is 82.7 Å². The van der Waals surface area contributed by atoms with E-state index in [1.165, 1.54) is 53.0 Å². The van der Waals surface area contributed by atoms with Crippen LogP contribution < -0.4 is 0 Å². The van der Waals surface area contributed by atoms with Gasteiger partial charge in [-0.25, -0.2) is 0 Å². The Labute approximate surface area is 389 Å². The molecule has 0 aromatic heterocycles. The van der Waals surface area contributed by atoms with Gasteiger partial charge in [0.05, 0.1) is 0 Å². The van der Waals surface area contributed by atoms with Gasteiger partial charge in [-0.3, -0.25) is 16.4 Å². The van der Waals surface area contributed by atoms with E-state index in [0.29, 0.717) is 37.3 Å². The summed E-state index contributed by atoms with van der Waals surface area (Å²) in [5, 5.41) is 0. The second kappa shape index (κ2) is 36.4. The third kappa shape index (κ3) is 46.6. The molecular formula is C43H67F13O2Si7. The van der Waals surface area contributed by atoms with E-state index in [0.717, 1.165) is 11.4 Å². The number of alkyl halides is 6. The van der Waals surface area contributed by atoms with Crippen LogP contribution in [0.5, 0.6) is 0 Å². The highest BCUT2D eigenvalue weighted by Crippen LogP contribution is 2.30. The maximum Gasteiger partial charge on any atom is 0.472 e. The van der Waals surface area contributed by atoms with Crippen LogP contribution in [0.2, 0.25) is 44.3 Å². The number of allylic oxidation sites excluding steroid dienone is 2. The summed E-state index contributed by atoms with van der Waals surface area (Å²) in [4.78, 5) is 0. The average molecular weight is 1060 g/mol. The van der Waals surface area contributed by atoms with E-state index >= 15 is 0 Å². The van der Waals surface area contributed by atoms with Crippen molar-refractivity contribution in [2.75, 3.05) is 0 Å². The number of rotatable bonds is 20. The van der Waals surface area contributed by atoms with Gasteiger partial charge in [0.2, 0.25) is 0 Å². The molecular weight excluding hydrogens is 992 g/mol. The highest BCUT2D eigenvalue weighted by Gasteiger charge is 2.48. The van der Waals surface area contributed by atoms with Gasteiger partial charge in [-0.15, -0.1) is 104 Å². The van der Waals surface area contributed by atoms with E-state index < -0.39 is 83.9 Å². The fourth-order valence-corrected chi connectivity index (χ4v) is 7.27. The van der Waals surface area contributed by atoms with Crippen molar-refractivity contribution in [3.63, 3.8) is 0 Å². The van der Waals surface area contributed by atoms with Crippen LogP contribution in [0.15, 0.2) is 160 Å². The molecule has 0 aliphatic carbocycles. The van der Waals surface area contributed by atoms with Crippen molar-refractivity contribution < 1.29 is 63.9 Å². The Balaban J connectivity index is -0.000000126. The largest absolute Gasteiger partial charge is 0.472 e. The summed E-state index contributed by atoms with van der Waals surface area (Å²) in [7, 11) is -21.6. The molecule has 22 heteroatoms. The molecule has 0 saturated heterocycles. The van der Waals surface area contributed by atoms with E-state index in [9.17, 15) is 55.1 Å². The van der Waals surface area contributed by atoms with Gasteiger partial charge in [-0.05, 0) is 74.9 Å². The summed E-state index contributed by atoms with van der Waals surface area (Å²) in [6, 6.07) is 1.33. The summed E-state index contributed by atoms with van der Waals surface area (Å²) >= 11 is 0. The Morgan fingerprint density at radius 3 is 0.923 bits per heavy atom. The first-order valence-corrected chi connectivity index (χ1v) is 35.0. The Morgan fingerprint density at radius 2 is 0.831 bits per heavy atom. The number of halogens is 13. The lowest BCUT2D eigenvalue weighted by atomic mass is 10.4. The minimum absolute atomic E-state index is 0.247. The van der Waals surface area contributed by atoms with Crippen LogP contribution in [-0.2, 0) is 8.85 Å². The number of hydrogen-bond acceptors (Lipinski definition) is 2. The smallest absolute Gasteiger partial charge is 0.376 e. The van der Waals surface area contributed by atoms with Crippen molar-refractivity contribution in [3.8, 4) is 24.3 Å². The van der Waals surface area contributed by atoms with Gasteiger partial charge in [0.1, 0.15) is 12.2 Å². The topological polar surface area (TPSA) is 18.5 Å². The second-order valence-electron chi connectivity index (χ2n) is 13.5. The first-order valence-electron chi connectivity index (χ1n) is 18.6. The normalized spacial score (nSPS) is 13.7. The zero-order chi connectivity index (χ0) is 53.8. The Hall–Kier alpha value is -3.73. The molecule has 0 spiro atoms. The fraction of sp³-hybridized carbons (Fsp3) is 0.302. The molecule has 4 atom stereocenters. The van der Waals surface area contributed by atoms with Gasteiger partial charge in [-0.1, -0.05) is 57.6 Å². The zero-order valence-electron chi connectivity index (χ0n) is 38.4. The van der Waals surface area contributed by atoms with Crippen LogP contribution in [0, 0.1) is 24.3 Å². The third-order valence-corrected chi connectivity index (χ3v) is 19.7. The summed E-state index contributed by atoms with van der Waals surface area (Å²) < 4.78 is 170. The van der Waals surface area contributed by atoms with Crippen LogP contribution >= 0.6 is 0 Å². The molecule has 0 aromatic rings. The Morgan fingerprint density at radius 1 is 0.508 bits per heavy atom. The quantitative estimate of drug-likeness (QED) is 0.0398. The van der Waals surface area contributed by atoms with Crippen LogP contribution in [0.25, 0.3) is 0 Å². The average Bonchev–Trinajstić information content (AvgIpc) is 3.23. The third-order valence-electron chi connectivity index (χ3n) is 7.17. The van der Waals surface area contributed by atoms with E-state index in [1.807, 2.05) is 5.54 Å². The van der Waals surface area contributed by atoms with Crippen molar-refractivity contribution in [2.24, 2.45) is 0 Å². The van der Waals surface area contributed by atoms with Gasteiger partial charge >= 0.3 is 46.5 Å². The lowest BCUT2D eigenvalue weighted by molar-refractivity contribution is -0.210. The van der Waals surface area contributed by atoms with Gasteiger partial charge in [0.25, 0.3) is 25.2 Å². The molecule has 0 N–H and O–H groups in total. The first kappa shape index (κ1) is 75.6. The number of terminal acetylenes is 2. The zero-order valence-corrected chi connectivity index (χ0v) is 45.4. The standard InChI is InChI=1S/C10H14F6O2Si.C7H13FSi.2C6H9FSi.C5H9FSi.C5H7FSi.C4H6F2Si/c1-5-19(6-2,17-7(3)9(11,12)13)18-8(4)10(14,15)16;1-4-6-9(3,8)7-5-2;1-4-6-8(3,7)5-2;1-4-8(7,5-2)6-3;2*1-4-7(3,6)5-2;1-3-7(5,6)4-2/h5-8H,1-2H2,3-4H3;4-5H,1-2,6-7H2,3H3;1,5H,2,6H2,3H3;4-6H,1-3H2;4-5H,1-2H2,3H3;1,5H,2H2,3H3;3-4H,1-2H2. The maximum atomic E-state index is 13.1. The van der Waals surface area contributed by atoms with Crippen LogP contribution in [0.3, 0.4) is 0 Å². The maximum absolute atomic E-state index is 13.1. The molecule has 0 saturated carbocycles. The second-order valence-corrected chi connectivity index (χ2v) is 34.2. The van der Waals surface area contributed by atoms with Gasteiger partial charge in [0.15, 0.2) is 0 Å². The highest BCUT2D eigenvalue weighted by atomic mass is 28.4. The van der Waals surface area contributed by atoms with Crippen LogP contribution in [-0.4, -0.2) is 83.9 Å². The van der Waals surface area contributed by atoms with Gasteiger partial charge < -0.3 is 21.2 Å². The minimum atomic E-state index is -4.71. The van der Waals surface area contributed by atoms with E-state index in [4.69, 9.17) is 12.8 Å². The predicted molar refractivity (Wildman–Crippen MR) is 269 cm³/mol. The van der Waals surface area contributed by atoms with Crippen molar-refractivity contribution in [1.29, 1.82) is 0 Å². The highest BCUT2D eigenvalue weighted by molar-refractivity contribution is 6.87. The van der Waals surface area contributed by atoms with Crippen LogP contribution in [0.1, 0.15) is 13.8 Å². The van der Waals surface area contributed by atoms with E-state index in [1.54, 1.807) is 25.2 Å². The molecule has 370 valence electrons. The molecule has 0 amide bonds. The van der Waals surface area contributed by atoms with Gasteiger partial charge in [0, 0.05) is 6.04 Å². The molecule has 65 heavy (non-hydrogen) atoms. The monoisotopic (exact) mass is 1060 g/mol. The Bertz CT molecular complexity index is 1480. The molecule has 0 aromatic carbocycles. The summed E-state index contributed by atoms with van der Waals surface area (Å²) in [6.07, 6.45) is -1.02. The predicted octanol–water partition coefficient (Wildman–Crippen LogP) is 15.9. The van der Waals surface area contributed by atoms with Crippen LogP contribution in [0.4, 0.5) is 55.1 Å². The molecule has 0 aliphatic rings. The van der Waals surface area contributed by atoms with Crippen molar-refractivity contribution in [3.05, 3.63) is 160 Å². The van der Waals surface area contributed by atoms with Gasteiger partial charge in [-0.2, -0.15) is 26.3 Å². The Kier molecular flexibility index (Phi) is 42.3. The van der Waals surface area contributed by atoms with E-state index in [2.05, 4.69) is 100 Å². The summed E-state index contributed by atoms with van der Waals surface area (Å²) in [5.74, 6) is 2.27. The number of hydrogen-bond donors (Lipinski definition) is 0. The lowest BCUT2D eigenvalue weighted by Gasteiger charge is -2.32.